The van der Waals surface area contributed by atoms with Crippen molar-refractivity contribution < 1.29 is 14.9 Å². The highest BCUT2D eigenvalue weighted by Crippen LogP contribution is 2.25. The van der Waals surface area contributed by atoms with Gasteiger partial charge in [-0.2, -0.15) is 0 Å². The van der Waals surface area contributed by atoms with E-state index in [-0.39, 0.29) is 6.04 Å². The Morgan fingerprint density at radius 1 is 1.29 bits per heavy atom. The number of ether oxygens (including phenoxy) is 1. The second-order valence-corrected chi connectivity index (χ2v) is 6.18. The van der Waals surface area contributed by atoms with Gasteiger partial charge in [0.25, 0.3) is 0 Å². The van der Waals surface area contributed by atoms with E-state index in [0.717, 1.165) is 0 Å². The molecular formula is C17H27NO3. The molecule has 1 aromatic rings. The molecule has 118 valence electrons. The van der Waals surface area contributed by atoms with Crippen LogP contribution in [0.1, 0.15) is 43.4 Å². The first-order valence-corrected chi connectivity index (χ1v) is 7.77. The standard InChI is InChI=1S/C17H27NO3/c1-13-5-3-4-6-16(13)14(2)18-12-15(19)11-17(20)7-9-21-10-8-17/h3-6,14-15,18-20H,7-12H2,1-2H3/t14-,15?/m1/s1. The molecule has 0 amide bonds. The summed E-state index contributed by atoms with van der Waals surface area (Å²) in [6.07, 6.45) is 1.08. The molecule has 1 unspecified atom stereocenters. The number of rotatable bonds is 6. The molecule has 1 aliphatic rings. The molecule has 0 radical (unpaired) electrons. The molecule has 2 atom stereocenters. The van der Waals surface area contributed by atoms with E-state index in [0.29, 0.717) is 39.0 Å². The van der Waals surface area contributed by atoms with Gasteiger partial charge in [0.2, 0.25) is 0 Å². The fourth-order valence-corrected chi connectivity index (χ4v) is 2.96. The average Bonchev–Trinajstić information content (AvgIpc) is 2.45. The van der Waals surface area contributed by atoms with E-state index in [2.05, 4.69) is 31.3 Å². The number of hydrogen-bond acceptors (Lipinski definition) is 4. The second kappa shape index (κ2) is 7.36. The van der Waals surface area contributed by atoms with Crippen LogP contribution in [0.3, 0.4) is 0 Å². The van der Waals surface area contributed by atoms with Crippen LogP contribution in [0.5, 0.6) is 0 Å². The predicted octanol–water partition coefficient (Wildman–Crippen LogP) is 1.94. The maximum Gasteiger partial charge on any atom is 0.0716 e. The average molecular weight is 293 g/mol. The largest absolute Gasteiger partial charge is 0.392 e. The van der Waals surface area contributed by atoms with Crippen molar-refractivity contribution >= 4 is 0 Å². The summed E-state index contributed by atoms with van der Waals surface area (Å²) in [5.41, 5.74) is 1.72. The van der Waals surface area contributed by atoms with Crippen molar-refractivity contribution in [3.05, 3.63) is 35.4 Å². The Kier molecular flexibility index (Phi) is 5.76. The first-order valence-electron chi connectivity index (χ1n) is 7.77. The van der Waals surface area contributed by atoms with Gasteiger partial charge in [0.1, 0.15) is 0 Å². The monoisotopic (exact) mass is 293 g/mol. The molecule has 4 nitrogen and oxygen atoms in total. The zero-order valence-electron chi connectivity index (χ0n) is 13.0. The zero-order chi connectivity index (χ0) is 15.3. The number of benzene rings is 1. The third kappa shape index (κ3) is 4.78. The van der Waals surface area contributed by atoms with E-state index in [4.69, 9.17) is 4.74 Å². The summed E-state index contributed by atoms with van der Waals surface area (Å²) in [5, 5.41) is 23.9. The highest BCUT2D eigenvalue weighted by atomic mass is 16.5. The fourth-order valence-electron chi connectivity index (χ4n) is 2.96. The van der Waals surface area contributed by atoms with Crippen LogP contribution in [-0.4, -0.2) is 41.7 Å². The summed E-state index contributed by atoms with van der Waals surface area (Å²) < 4.78 is 5.26. The molecule has 0 saturated carbocycles. The Morgan fingerprint density at radius 2 is 1.95 bits per heavy atom. The van der Waals surface area contributed by atoms with Gasteiger partial charge in [-0.1, -0.05) is 24.3 Å². The number of aliphatic hydroxyl groups excluding tert-OH is 1. The quantitative estimate of drug-likeness (QED) is 0.750. The van der Waals surface area contributed by atoms with Gasteiger partial charge in [0.05, 0.1) is 11.7 Å². The molecule has 2 rings (SSSR count). The highest BCUT2D eigenvalue weighted by molar-refractivity contribution is 5.28. The Balaban J connectivity index is 1.81. The zero-order valence-corrected chi connectivity index (χ0v) is 13.0. The molecule has 0 aromatic heterocycles. The number of hydrogen-bond donors (Lipinski definition) is 3. The van der Waals surface area contributed by atoms with Crippen LogP contribution in [-0.2, 0) is 4.74 Å². The lowest BCUT2D eigenvalue weighted by molar-refractivity contribution is -0.0862. The lowest BCUT2D eigenvalue weighted by atomic mass is 9.88. The molecule has 3 N–H and O–H groups in total. The van der Waals surface area contributed by atoms with Crippen LogP contribution in [0.2, 0.25) is 0 Å². The molecule has 1 saturated heterocycles. The normalized spacial score (nSPS) is 21.0. The van der Waals surface area contributed by atoms with Crippen molar-refractivity contribution in [1.29, 1.82) is 0 Å². The van der Waals surface area contributed by atoms with Crippen LogP contribution in [0.4, 0.5) is 0 Å². The molecule has 1 fully saturated rings. The molecule has 4 heteroatoms. The van der Waals surface area contributed by atoms with E-state index < -0.39 is 11.7 Å². The molecule has 21 heavy (non-hydrogen) atoms. The molecule has 0 spiro atoms. The molecule has 0 bridgehead atoms. The Bertz CT molecular complexity index is 443. The highest BCUT2D eigenvalue weighted by Gasteiger charge is 2.32. The third-order valence-electron chi connectivity index (χ3n) is 4.35. The maximum atomic E-state index is 10.4. The fraction of sp³-hybridized carbons (Fsp3) is 0.647. The minimum Gasteiger partial charge on any atom is -0.392 e. The Morgan fingerprint density at radius 3 is 2.62 bits per heavy atom. The summed E-state index contributed by atoms with van der Waals surface area (Å²) in [7, 11) is 0. The van der Waals surface area contributed by atoms with Gasteiger partial charge in [-0.15, -0.1) is 0 Å². The first kappa shape index (κ1) is 16.4. The van der Waals surface area contributed by atoms with Gasteiger partial charge in [-0.25, -0.2) is 0 Å². The van der Waals surface area contributed by atoms with Crippen LogP contribution in [0.15, 0.2) is 24.3 Å². The SMILES string of the molecule is Cc1ccccc1[C@@H](C)NCC(O)CC1(O)CCOCC1. The first-order chi connectivity index (χ1) is 10.0. The van der Waals surface area contributed by atoms with Crippen molar-refractivity contribution in [2.24, 2.45) is 0 Å². The predicted molar refractivity (Wildman–Crippen MR) is 83.2 cm³/mol. The van der Waals surface area contributed by atoms with Crippen molar-refractivity contribution in [2.75, 3.05) is 19.8 Å². The smallest absolute Gasteiger partial charge is 0.0716 e. The summed E-state index contributed by atoms with van der Waals surface area (Å²) in [6.45, 7) is 5.83. The third-order valence-corrected chi connectivity index (χ3v) is 4.35. The van der Waals surface area contributed by atoms with E-state index in [9.17, 15) is 10.2 Å². The number of nitrogens with one attached hydrogen (secondary N) is 1. The van der Waals surface area contributed by atoms with Crippen LogP contribution in [0.25, 0.3) is 0 Å². The Hall–Kier alpha value is -0.940. The van der Waals surface area contributed by atoms with Gasteiger partial charge >= 0.3 is 0 Å². The van der Waals surface area contributed by atoms with Gasteiger partial charge in [0.15, 0.2) is 0 Å². The van der Waals surface area contributed by atoms with Crippen molar-refractivity contribution in [3.8, 4) is 0 Å². The van der Waals surface area contributed by atoms with Crippen molar-refractivity contribution in [3.63, 3.8) is 0 Å². The summed E-state index contributed by atoms with van der Waals surface area (Å²) >= 11 is 0. The Labute approximate surface area is 127 Å². The number of aliphatic hydroxyl groups is 2. The summed E-state index contributed by atoms with van der Waals surface area (Å²) in [4.78, 5) is 0. The molecule has 1 aromatic carbocycles. The van der Waals surface area contributed by atoms with E-state index in [1.165, 1.54) is 11.1 Å². The van der Waals surface area contributed by atoms with Gasteiger partial charge in [-0.3, -0.25) is 0 Å². The molecular weight excluding hydrogens is 266 g/mol. The van der Waals surface area contributed by atoms with Gasteiger partial charge in [-0.05, 0) is 37.8 Å². The second-order valence-electron chi connectivity index (χ2n) is 6.18. The lowest BCUT2D eigenvalue weighted by Gasteiger charge is -2.34. The minimum atomic E-state index is -0.773. The van der Waals surface area contributed by atoms with Crippen molar-refractivity contribution in [2.45, 2.75) is 50.9 Å². The minimum absolute atomic E-state index is 0.185. The maximum absolute atomic E-state index is 10.4. The van der Waals surface area contributed by atoms with Crippen LogP contribution >= 0.6 is 0 Å². The number of aryl methyl sites for hydroxylation is 1. The van der Waals surface area contributed by atoms with Crippen LogP contribution < -0.4 is 5.32 Å². The van der Waals surface area contributed by atoms with Crippen molar-refractivity contribution in [1.82, 2.24) is 5.32 Å². The van der Waals surface area contributed by atoms with E-state index >= 15 is 0 Å². The van der Waals surface area contributed by atoms with E-state index in [1.807, 2.05) is 12.1 Å². The summed E-state index contributed by atoms with van der Waals surface area (Å²) in [6, 6.07) is 8.44. The van der Waals surface area contributed by atoms with Gasteiger partial charge < -0.3 is 20.3 Å². The molecule has 1 heterocycles. The molecule has 1 aliphatic heterocycles. The molecule has 0 aliphatic carbocycles. The van der Waals surface area contributed by atoms with E-state index in [1.54, 1.807) is 0 Å². The summed E-state index contributed by atoms with van der Waals surface area (Å²) in [5.74, 6) is 0. The van der Waals surface area contributed by atoms with Gasteiger partial charge in [0, 0.05) is 32.2 Å². The van der Waals surface area contributed by atoms with Crippen LogP contribution in [0, 0.1) is 6.92 Å². The lowest BCUT2D eigenvalue weighted by Crippen LogP contribution is -2.42. The topological polar surface area (TPSA) is 61.7 Å².